The molecule has 0 aliphatic rings. The van der Waals surface area contributed by atoms with E-state index in [0.717, 1.165) is 12.0 Å². The van der Waals surface area contributed by atoms with Crippen LogP contribution in [0.1, 0.15) is 27.2 Å². The predicted molar refractivity (Wildman–Crippen MR) is 47.9 cm³/mol. The predicted octanol–water partition coefficient (Wildman–Crippen LogP) is 2.64. The second-order valence-electron chi connectivity index (χ2n) is 3.20. The Labute approximate surface area is 74.1 Å². The highest BCUT2D eigenvalue weighted by molar-refractivity contribution is 5.18. The molecule has 0 aromatic rings. The SMILES string of the molecule is C/C(C#N)=C\C(C)CC(C)C#N. The van der Waals surface area contributed by atoms with Gasteiger partial charge in [-0.05, 0) is 26.2 Å². The smallest absolute Gasteiger partial charge is 0.0940 e. The highest BCUT2D eigenvalue weighted by Gasteiger charge is 2.05. The maximum atomic E-state index is 8.54. The van der Waals surface area contributed by atoms with Gasteiger partial charge in [0.25, 0.3) is 0 Å². The van der Waals surface area contributed by atoms with E-state index in [2.05, 4.69) is 12.1 Å². The van der Waals surface area contributed by atoms with Crippen LogP contribution < -0.4 is 0 Å². The second-order valence-corrected chi connectivity index (χ2v) is 3.20. The molecule has 64 valence electrons. The summed E-state index contributed by atoms with van der Waals surface area (Å²) in [5.41, 5.74) is 0.729. The molecule has 2 unspecified atom stereocenters. The van der Waals surface area contributed by atoms with Crippen LogP contribution in [-0.2, 0) is 0 Å². The van der Waals surface area contributed by atoms with Gasteiger partial charge in [-0.3, -0.25) is 0 Å². The fourth-order valence-corrected chi connectivity index (χ4v) is 1.14. The molecule has 0 amide bonds. The van der Waals surface area contributed by atoms with Gasteiger partial charge in [0, 0.05) is 11.5 Å². The van der Waals surface area contributed by atoms with E-state index in [-0.39, 0.29) is 5.92 Å². The first kappa shape index (κ1) is 10.7. The number of allylic oxidation sites excluding steroid dienone is 2. The number of hydrogen-bond donors (Lipinski definition) is 0. The van der Waals surface area contributed by atoms with E-state index in [1.807, 2.05) is 19.9 Å². The summed E-state index contributed by atoms with van der Waals surface area (Å²) in [6.07, 6.45) is 2.74. The summed E-state index contributed by atoms with van der Waals surface area (Å²) in [5, 5.41) is 17.0. The van der Waals surface area contributed by atoms with Crippen LogP contribution in [0.15, 0.2) is 11.6 Å². The largest absolute Gasteiger partial charge is 0.198 e. The Morgan fingerprint density at radius 1 is 1.42 bits per heavy atom. The minimum atomic E-state index is 0.0720. The van der Waals surface area contributed by atoms with Crippen LogP contribution in [0.4, 0.5) is 0 Å². The Balaban J connectivity index is 4.01. The van der Waals surface area contributed by atoms with Gasteiger partial charge in [-0.15, -0.1) is 0 Å². The van der Waals surface area contributed by atoms with Gasteiger partial charge in [-0.25, -0.2) is 0 Å². The van der Waals surface area contributed by atoms with Crippen molar-refractivity contribution in [2.45, 2.75) is 27.2 Å². The lowest BCUT2D eigenvalue weighted by atomic mass is 9.97. The van der Waals surface area contributed by atoms with Crippen molar-refractivity contribution in [2.24, 2.45) is 11.8 Å². The topological polar surface area (TPSA) is 47.6 Å². The molecule has 0 saturated heterocycles. The molecule has 0 aliphatic carbocycles. The molecular formula is C10H14N2. The van der Waals surface area contributed by atoms with Gasteiger partial charge in [0.1, 0.15) is 0 Å². The molecular weight excluding hydrogens is 148 g/mol. The van der Waals surface area contributed by atoms with Crippen LogP contribution in [0, 0.1) is 34.5 Å². The van der Waals surface area contributed by atoms with Crippen molar-refractivity contribution in [3.8, 4) is 12.1 Å². The Hall–Kier alpha value is -1.28. The number of nitrogens with zero attached hydrogens (tertiary/aromatic N) is 2. The molecule has 0 aliphatic heterocycles. The fraction of sp³-hybridized carbons (Fsp3) is 0.600. The van der Waals surface area contributed by atoms with E-state index in [1.54, 1.807) is 6.92 Å². The lowest BCUT2D eigenvalue weighted by Gasteiger charge is -2.06. The van der Waals surface area contributed by atoms with Crippen LogP contribution >= 0.6 is 0 Å². The normalized spacial score (nSPS) is 15.9. The number of hydrogen-bond acceptors (Lipinski definition) is 2. The van der Waals surface area contributed by atoms with Gasteiger partial charge < -0.3 is 0 Å². The van der Waals surface area contributed by atoms with Crippen LogP contribution in [0.3, 0.4) is 0 Å². The molecule has 0 N–H and O–H groups in total. The van der Waals surface area contributed by atoms with E-state index < -0.39 is 0 Å². The summed E-state index contributed by atoms with van der Waals surface area (Å²) in [6, 6.07) is 4.24. The molecule has 0 spiro atoms. The molecule has 0 radical (unpaired) electrons. The Bertz CT molecular complexity index is 240. The van der Waals surface area contributed by atoms with E-state index in [1.165, 1.54) is 0 Å². The molecule has 0 bridgehead atoms. The molecule has 0 heterocycles. The molecule has 0 aromatic carbocycles. The quantitative estimate of drug-likeness (QED) is 0.599. The number of rotatable bonds is 3. The van der Waals surface area contributed by atoms with Crippen LogP contribution in [-0.4, -0.2) is 0 Å². The average molecular weight is 162 g/mol. The van der Waals surface area contributed by atoms with Crippen molar-refractivity contribution in [1.29, 1.82) is 10.5 Å². The standard InChI is InChI=1S/C10H14N2/c1-8(4-9(2)6-11)5-10(3)7-12/h4,8,10H,5H2,1-3H3/b9-4+. The zero-order valence-corrected chi connectivity index (χ0v) is 7.83. The van der Waals surface area contributed by atoms with Gasteiger partial charge >= 0.3 is 0 Å². The van der Waals surface area contributed by atoms with Crippen LogP contribution in [0.5, 0.6) is 0 Å². The highest BCUT2D eigenvalue weighted by atomic mass is 14.3. The lowest BCUT2D eigenvalue weighted by Crippen LogP contribution is -1.98. The molecule has 0 saturated carbocycles. The van der Waals surface area contributed by atoms with Crippen molar-refractivity contribution in [2.75, 3.05) is 0 Å². The molecule has 0 aromatic heterocycles. The zero-order valence-electron chi connectivity index (χ0n) is 7.83. The monoisotopic (exact) mass is 162 g/mol. The first-order chi connectivity index (χ1) is 5.60. The van der Waals surface area contributed by atoms with Gasteiger partial charge in [0.2, 0.25) is 0 Å². The van der Waals surface area contributed by atoms with E-state index in [4.69, 9.17) is 10.5 Å². The van der Waals surface area contributed by atoms with E-state index in [0.29, 0.717) is 5.92 Å². The molecule has 2 atom stereocenters. The third-order valence-corrected chi connectivity index (χ3v) is 1.66. The van der Waals surface area contributed by atoms with E-state index >= 15 is 0 Å². The summed E-state index contributed by atoms with van der Waals surface area (Å²) in [4.78, 5) is 0. The van der Waals surface area contributed by atoms with Crippen molar-refractivity contribution in [1.82, 2.24) is 0 Å². The first-order valence-corrected chi connectivity index (χ1v) is 4.08. The Morgan fingerprint density at radius 2 is 2.00 bits per heavy atom. The first-order valence-electron chi connectivity index (χ1n) is 4.08. The minimum Gasteiger partial charge on any atom is -0.198 e. The number of nitriles is 2. The van der Waals surface area contributed by atoms with Gasteiger partial charge in [-0.1, -0.05) is 13.0 Å². The zero-order chi connectivity index (χ0) is 9.56. The molecule has 0 rings (SSSR count). The van der Waals surface area contributed by atoms with Gasteiger partial charge in [-0.2, -0.15) is 10.5 Å². The summed E-state index contributed by atoms with van der Waals surface area (Å²) in [5.74, 6) is 0.391. The lowest BCUT2D eigenvalue weighted by molar-refractivity contribution is 0.551. The molecule has 2 heteroatoms. The average Bonchev–Trinajstić information content (AvgIpc) is 2.03. The molecule has 0 fully saturated rings. The van der Waals surface area contributed by atoms with Crippen molar-refractivity contribution in [3.05, 3.63) is 11.6 Å². The van der Waals surface area contributed by atoms with Crippen LogP contribution in [0.25, 0.3) is 0 Å². The van der Waals surface area contributed by atoms with Crippen molar-refractivity contribution < 1.29 is 0 Å². The third-order valence-electron chi connectivity index (χ3n) is 1.66. The van der Waals surface area contributed by atoms with Crippen LogP contribution in [0.2, 0.25) is 0 Å². The summed E-state index contributed by atoms with van der Waals surface area (Å²) < 4.78 is 0. The minimum absolute atomic E-state index is 0.0720. The van der Waals surface area contributed by atoms with Gasteiger partial charge in [0.05, 0.1) is 12.1 Å². The van der Waals surface area contributed by atoms with Gasteiger partial charge in [0.15, 0.2) is 0 Å². The maximum absolute atomic E-state index is 8.54. The van der Waals surface area contributed by atoms with Crippen molar-refractivity contribution >= 4 is 0 Å². The molecule has 2 nitrogen and oxygen atoms in total. The third kappa shape index (κ3) is 4.52. The second kappa shape index (κ2) is 5.38. The summed E-state index contributed by atoms with van der Waals surface area (Å²) in [6.45, 7) is 5.70. The van der Waals surface area contributed by atoms with E-state index in [9.17, 15) is 0 Å². The Kier molecular flexibility index (Phi) is 4.81. The molecule has 12 heavy (non-hydrogen) atoms. The summed E-state index contributed by atoms with van der Waals surface area (Å²) >= 11 is 0. The highest BCUT2D eigenvalue weighted by Crippen LogP contribution is 2.13. The maximum Gasteiger partial charge on any atom is 0.0940 e. The Morgan fingerprint density at radius 3 is 2.42 bits per heavy atom. The summed E-state index contributed by atoms with van der Waals surface area (Å²) in [7, 11) is 0. The van der Waals surface area contributed by atoms with Crippen molar-refractivity contribution in [3.63, 3.8) is 0 Å². The fourth-order valence-electron chi connectivity index (χ4n) is 1.14.